The largest absolute Gasteiger partial charge is 0.376 e. The Bertz CT molecular complexity index is 407. The lowest BCUT2D eigenvalue weighted by atomic mass is 9.97. The predicted molar refractivity (Wildman–Crippen MR) is 66.3 cm³/mol. The first-order valence-electron chi connectivity index (χ1n) is 6.41. The van der Waals surface area contributed by atoms with Gasteiger partial charge in [-0.15, -0.1) is 0 Å². The minimum absolute atomic E-state index is 0.0417. The fourth-order valence-electron chi connectivity index (χ4n) is 2.37. The van der Waals surface area contributed by atoms with Gasteiger partial charge >= 0.3 is 0 Å². The van der Waals surface area contributed by atoms with Crippen LogP contribution in [0.5, 0.6) is 0 Å². The molecule has 1 aliphatic rings. The van der Waals surface area contributed by atoms with Crippen molar-refractivity contribution in [1.29, 1.82) is 0 Å². The summed E-state index contributed by atoms with van der Waals surface area (Å²) in [5.74, 6) is -0.586. The van der Waals surface area contributed by atoms with Gasteiger partial charge in [-0.25, -0.2) is 8.78 Å². The summed E-state index contributed by atoms with van der Waals surface area (Å²) in [6.45, 7) is 2.53. The molecule has 0 aromatic heterocycles. The van der Waals surface area contributed by atoms with Crippen molar-refractivity contribution in [3.05, 3.63) is 35.4 Å². The Morgan fingerprint density at radius 3 is 2.61 bits per heavy atom. The lowest BCUT2D eigenvalue weighted by molar-refractivity contribution is 0.0196. The molecule has 0 radical (unpaired) electrons. The number of nitrogens with one attached hydrogen (secondary N) is 1. The third-order valence-electron chi connectivity index (χ3n) is 3.38. The molecule has 1 aliphatic carbocycles. The van der Waals surface area contributed by atoms with E-state index in [-0.39, 0.29) is 12.1 Å². The Hall–Kier alpha value is -1.00. The van der Waals surface area contributed by atoms with Crippen LogP contribution >= 0.6 is 0 Å². The maximum absolute atomic E-state index is 13.8. The van der Waals surface area contributed by atoms with E-state index in [1.54, 1.807) is 7.05 Å². The van der Waals surface area contributed by atoms with E-state index in [0.717, 1.165) is 18.9 Å². The third-order valence-corrected chi connectivity index (χ3v) is 3.38. The van der Waals surface area contributed by atoms with Crippen LogP contribution in [0.4, 0.5) is 8.78 Å². The Morgan fingerprint density at radius 1 is 1.39 bits per heavy atom. The van der Waals surface area contributed by atoms with E-state index in [0.29, 0.717) is 18.1 Å². The first kappa shape index (κ1) is 13.4. The lowest BCUT2D eigenvalue weighted by Crippen LogP contribution is -2.34. The second-order valence-corrected chi connectivity index (χ2v) is 4.69. The zero-order chi connectivity index (χ0) is 13.1. The maximum atomic E-state index is 13.8. The summed E-state index contributed by atoms with van der Waals surface area (Å²) in [5, 5.41) is 3.10. The number of benzene rings is 1. The SMILES string of the molecule is CCOC(C1CC1)C(NC)c1ccc(F)cc1F. The number of hydrogen-bond acceptors (Lipinski definition) is 2. The third kappa shape index (κ3) is 2.87. The van der Waals surface area contributed by atoms with Gasteiger partial charge in [-0.1, -0.05) is 6.07 Å². The average molecular weight is 255 g/mol. The summed E-state index contributed by atoms with van der Waals surface area (Å²) < 4.78 is 32.5. The molecule has 0 saturated heterocycles. The first-order chi connectivity index (χ1) is 8.67. The minimum Gasteiger partial charge on any atom is -0.376 e. The summed E-state index contributed by atoms with van der Waals surface area (Å²) in [6, 6.07) is 3.49. The number of rotatable bonds is 6. The lowest BCUT2D eigenvalue weighted by Gasteiger charge is -2.27. The number of halogens is 2. The van der Waals surface area contributed by atoms with Crippen LogP contribution in [0.1, 0.15) is 31.4 Å². The van der Waals surface area contributed by atoms with Crippen LogP contribution in [0.15, 0.2) is 18.2 Å². The van der Waals surface area contributed by atoms with Gasteiger partial charge in [-0.05, 0) is 38.8 Å². The first-order valence-corrected chi connectivity index (χ1v) is 6.41. The van der Waals surface area contributed by atoms with Gasteiger partial charge in [0.05, 0.1) is 12.1 Å². The van der Waals surface area contributed by atoms with Crippen LogP contribution in [0.3, 0.4) is 0 Å². The zero-order valence-electron chi connectivity index (χ0n) is 10.7. The fourth-order valence-corrected chi connectivity index (χ4v) is 2.37. The molecule has 18 heavy (non-hydrogen) atoms. The molecule has 1 saturated carbocycles. The number of hydrogen-bond donors (Lipinski definition) is 1. The van der Waals surface area contributed by atoms with Crippen molar-refractivity contribution in [2.45, 2.75) is 31.9 Å². The van der Waals surface area contributed by atoms with Gasteiger partial charge in [-0.3, -0.25) is 0 Å². The highest BCUT2D eigenvalue weighted by Crippen LogP contribution is 2.40. The molecular formula is C14H19F2NO. The fraction of sp³-hybridized carbons (Fsp3) is 0.571. The van der Waals surface area contributed by atoms with Crippen molar-refractivity contribution in [3.63, 3.8) is 0 Å². The van der Waals surface area contributed by atoms with E-state index in [2.05, 4.69) is 5.32 Å². The maximum Gasteiger partial charge on any atom is 0.130 e. The molecule has 0 amide bonds. The van der Waals surface area contributed by atoms with E-state index in [1.807, 2.05) is 6.92 Å². The highest BCUT2D eigenvalue weighted by atomic mass is 19.1. The second kappa shape index (κ2) is 5.76. The molecule has 4 heteroatoms. The van der Waals surface area contributed by atoms with Gasteiger partial charge in [0.2, 0.25) is 0 Å². The van der Waals surface area contributed by atoms with Gasteiger partial charge in [0.1, 0.15) is 11.6 Å². The smallest absolute Gasteiger partial charge is 0.130 e. The monoisotopic (exact) mass is 255 g/mol. The van der Waals surface area contributed by atoms with Crippen LogP contribution in [0.2, 0.25) is 0 Å². The Kier molecular flexibility index (Phi) is 4.30. The van der Waals surface area contributed by atoms with Crippen LogP contribution in [-0.2, 0) is 4.74 Å². The van der Waals surface area contributed by atoms with Gasteiger partial charge in [0.25, 0.3) is 0 Å². The molecule has 0 spiro atoms. The van der Waals surface area contributed by atoms with E-state index in [4.69, 9.17) is 4.74 Å². The van der Waals surface area contributed by atoms with Gasteiger partial charge < -0.3 is 10.1 Å². The minimum atomic E-state index is -0.550. The van der Waals surface area contributed by atoms with Crippen molar-refractivity contribution >= 4 is 0 Å². The summed E-state index contributed by atoms with van der Waals surface area (Å²) >= 11 is 0. The standard InChI is InChI=1S/C14H19F2NO/c1-3-18-14(9-4-5-9)13(17-2)11-7-6-10(15)8-12(11)16/h6-9,13-14,17H,3-5H2,1-2H3. The van der Waals surface area contributed by atoms with Gasteiger partial charge in [0, 0.05) is 18.2 Å². The van der Waals surface area contributed by atoms with E-state index in [1.165, 1.54) is 12.1 Å². The molecule has 2 nitrogen and oxygen atoms in total. The van der Waals surface area contributed by atoms with E-state index < -0.39 is 11.6 Å². The van der Waals surface area contributed by atoms with E-state index >= 15 is 0 Å². The van der Waals surface area contributed by atoms with Crippen molar-refractivity contribution in [1.82, 2.24) is 5.32 Å². The Labute approximate surface area is 106 Å². The van der Waals surface area contributed by atoms with Gasteiger partial charge in [0.15, 0.2) is 0 Å². The Balaban J connectivity index is 2.25. The molecule has 1 fully saturated rings. The molecule has 1 aromatic carbocycles. The molecule has 2 unspecified atom stereocenters. The van der Waals surface area contributed by atoms with Crippen molar-refractivity contribution in [3.8, 4) is 0 Å². The molecule has 1 aromatic rings. The van der Waals surface area contributed by atoms with Crippen molar-refractivity contribution in [2.24, 2.45) is 5.92 Å². The highest BCUT2D eigenvalue weighted by Gasteiger charge is 2.38. The Morgan fingerprint density at radius 2 is 2.11 bits per heavy atom. The normalized spacial score (nSPS) is 18.7. The number of likely N-dealkylation sites (N-methyl/N-ethyl adjacent to an activating group) is 1. The quantitative estimate of drug-likeness (QED) is 0.843. The molecule has 2 atom stereocenters. The van der Waals surface area contributed by atoms with Crippen LogP contribution in [-0.4, -0.2) is 19.8 Å². The van der Waals surface area contributed by atoms with Crippen molar-refractivity contribution in [2.75, 3.05) is 13.7 Å². The zero-order valence-corrected chi connectivity index (χ0v) is 10.7. The average Bonchev–Trinajstić information content (AvgIpc) is 3.15. The molecule has 0 heterocycles. The predicted octanol–water partition coefficient (Wildman–Crippen LogP) is 3.04. The van der Waals surface area contributed by atoms with Gasteiger partial charge in [-0.2, -0.15) is 0 Å². The van der Waals surface area contributed by atoms with Crippen LogP contribution in [0, 0.1) is 17.6 Å². The van der Waals surface area contributed by atoms with Crippen LogP contribution in [0.25, 0.3) is 0 Å². The number of ether oxygens (including phenoxy) is 1. The second-order valence-electron chi connectivity index (χ2n) is 4.69. The summed E-state index contributed by atoms with van der Waals surface area (Å²) in [5.41, 5.74) is 0.476. The topological polar surface area (TPSA) is 21.3 Å². The molecule has 0 bridgehead atoms. The summed E-state index contributed by atoms with van der Waals surface area (Å²) in [6.07, 6.45) is 2.19. The van der Waals surface area contributed by atoms with Crippen molar-refractivity contribution < 1.29 is 13.5 Å². The molecule has 2 rings (SSSR count). The van der Waals surface area contributed by atoms with Crippen LogP contribution < -0.4 is 5.32 Å². The highest BCUT2D eigenvalue weighted by molar-refractivity contribution is 5.24. The van der Waals surface area contributed by atoms with E-state index in [9.17, 15) is 8.78 Å². The molecule has 0 aliphatic heterocycles. The molecule has 1 N–H and O–H groups in total. The molecule has 100 valence electrons. The summed E-state index contributed by atoms with van der Waals surface area (Å²) in [4.78, 5) is 0. The molecular weight excluding hydrogens is 236 g/mol. The summed E-state index contributed by atoms with van der Waals surface area (Å²) in [7, 11) is 1.78.